The molecule has 3 aliphatic rings. The normalized spacial score (nSPS) is 26.1. The van der Waals surface area contributed by atoms with E-state index in [1.165, 1.54) is 4.90 Å². The lowest BCUT2D eigenvalue weighted by Gasteiger charge is -2.34. The number of fused-ring (bicyclic) bond motifs is 1. The van der Waals surface area contributed by atoms with E-state index in [2.05, 4.69) is 33.8 Å². The third-order valence-electron chi connectivity index (χ3n) is 10.5. The van der Waals surface area contributed by atoms with Crippen LogP contribution >= 0.6 is 11.6 Å². The van der Waals surface area contributed by atoms with Crippen LogP contribution in [0.3, 0.4) is 0 Å². The fourth-order valence-corrected chi connectivity index (χ4v) is 7.92. The number of guanidine groups is 2. The number of para-hydroxylation sites is 1. The number of nitrogens with zero attached hydrogens (tertiary/aromatic N) is 5. The van der Waals surface area contributed by atoms with Crippen molar-refractivity contribution in [3.05, 3.63) is 95.0 Å². The first-order chi connectivity index (χ1) is 23.9. The molecule has 0 radical (unpaired) electrons. The molecule has 1 aromatic heterocycles. The Morgan fingerprint density at radius 2 is 1.80 bits per heavy atom. The van der Waals surface area contributed by atoms with E-state index in [4.69, 9.17) is 27.3 Å². The number of amides is 2. The summed E-state index contributed by atoms with van der Waals surface area (Å²) in [7, 11) is 3.41. The van der Waals surface area contributed by atoms with Gasteiger partial charge in [0.2, 0.25) is 5.96 Å². The topological polar surface area (TPSA) is 128 Å². The molecule has 4 aromatic rings. The zero-order chi connectivity index (χ0) is 35.2. The Morgan fingerprint density at radius 1 is 0.980 bits per heavy atom. The van der Waals surface area contributed by atoms with E-state index in [0.717, 1.165) is 71.1 Å². The summed E-state index contributed by atoms with van der Waals surface area (Å²) in [5.41, 5.74) is 8.55. The Morgan fingerprint density at radius 3 is 2.60 bits per heavy atom. The smallest absolute Gasteiger partial charge is 0.261 e. The molecule has 3 heterocycles. The number of aliphatic imine (C=N–C) groups is 2. The second-order valence-corrected chi connectivity index (χ2v) is 14.7. The van der Waals surface area contributed by atoms with Gasteiger partial charge in [0.15, 0.2) is 11.5 Å². The number of hydrogen-bond acceptors (Lipinski definition) is 7. The number of pyridine rings is 1. The number of carbonyl (C=O) groups is 2. The molecule has 2 amide bonds. The highest BCUT2D eigenvalue weighted by Gasteiger charge is 2.47. The zero-order valence-electron chi connectivity index (χ0n) is 28.9. The van der Waals surface area contributed by atoms with E-state index in [1.807, 2.05) is 67.6 Å². The SMILES string of the molecule is CN1C(=O)C(C)(c2cccc(-c3cc(Cl)ccc3CN=C3N[C@](C)(C[C@H]4CCC[C@@H](Nc5ccc6ccccc6n5)C4)C(=O)N3C)c2)N=C1N. The number of nitrogens with one attached hydrogen (secondary N) is 2. The molecule has 2 fully saturated rings. The van der Waals surface area contributed by atoms with Gasteiger partial charge >= 0.3 is 0 Å². The van der Waals surface area contributed by atoms with Crippen LogP contribution in [0.5, 0.6) is 0 Å². The quantitative estimate of drug-likeness (QED) is 0.199. The molecule has 1 saturated heterocycles. The van der Waals surface area contributed by atoms with E-state index in [-0.39, 0.29) is 17.8 Å². The van der Waals surface area contributed by atoms with Crippen LogP contribution in [0.15, 0.2) is 88.8 Å². The van der Waals surface area contributed by atoms with Gasteiger partial charge in [-0.05, 0) is 97.7 Å². The number of aromatic nitrogens is 1. The standard InChI is InChI=1S/C39H43ClN8O2/c1-38(22-24-9-7-13-30(19-24)43-33-18-16-25-10-5-6-14-32(25)44-33)34(49)48(4)37(46-38)42-23-27-15-17-29(40)21-31(27)26-11-8-12-28(20-26)39(2)35(50)47(3)36(41)45-39/h5-6,8,10-12,14-18,20-21,24,30H,7,9,13,19,22-23H2,1-4H3,(H2,41,45)(H,42,46)(H,43,44)/t24-,30+,38+,39?/m0/s1. The first kappa shape index (κ1) is 33.5. The molecule has 1 saturated carbocycles. The highest BCUT2D eigenvalue weighted by Crippen LogP contribution is 2.37. The molecule has 4 atom stereocenters. The molecule has 2 aliphatic heterocycles. The van der Waals surface area contributed by atoms with Gasteiger partial charge < -0.3 is 16.4 Å². The van der Waals surface area contributed by atoms with Crippen LogP contribution < -0.4 is 16.4 Å². The Labute approximate surface area is 297 Å². The van der Waals surface area contributed by atoms with E-state index in [0.29, 0.717) is 29.5 Å². The average Bonchev–Trinajstić information content (AvgIpc) is 3.45. The molecule has 1 unspecified atom stereocenters. The van der Waals surface area contributed by atoms with Gasteiger partial charge in [-0.25, -0.2) is 15.0 Å². The lowest BCUT2D eigenvalue weighted by molar-refractivity contribution is -0.130. The average molecular weight is 691 g/mol. The minimum Gasteiger partial charge on any atom is -0.369 e. The van der Waals surface area contributed by atoms with Gasteiger partial charge in [-0.1, -0.05) is 66.9 Å². The molecule has 10 nitrogen and oxygen atoms in total. The molecule has 0 spiro atoms. The van der Waals surface area contributed by atoms with Gasteiger partial charge in [-0.2, -0.15) is 0 Å². The van der Waals surface area contributed by atoms with Crippen molar-refractivity contribution in [1.82, 2.24) is 20.1 Å². The van der Waals surface area contributed by atoms with Crippen LogP contribution in [-0.2, 0) is 21.7 Å². The van der Waals surface area contributed by atoms with Gasteiger partial charge in [0.05, 0.1) is 12.1 Å². The summed E-state index contributed by atoms with van der Waals surface area (Å²) in [4.78, 5) is 44.0. The lowest BCUT2D eigenvalue weighted by Crippen LogP contribution is -2.46. The van der Waals surface area contributed by atoms with Crippen molar-refractivity contribution >= 4 is 52.1 Å². The third kappa shape index (κ3) is 6.28. The first-order valence-electron chi connectivity index (χ1n) is 17.2. The maximum Gasteiger partial charge on any atom is 0.261 e. The molecule has 4 N–H and O–H groups in total. The number of nitrogens with two attached hydrogens (primary N) is 1. The van der Waals surface area contributed by atoms with Crippen molar-refractivity contribution < 1.29 is 9.59 Å². The highest BCUT2D eigenvalue weighted by atomic mass is 35.5. The van der Waals surface area contributed by atoms with Gasteiger partial charge in [0.25, 0.3) is 11.8 Å². The van der Waals surface area contributed by atoms with Crippen LogP contribution in [0.1, 0.15) is 57.1 Å². The predicted molar refractivity (Wildman–Crippen MR) is 200 cm³/mol. The van der Waals surface area contributed by atoms with E-state index >= 15 is 0 Å². The third-order valence-corrected chi connectivity index (χ3v) is 10.8. The number of likely N-dealkylation sites (N-methyl/N-ethyl adjacent to an activating group) is 2. The van der Waals surface area contributed by atoms with Crippen molar-refractivity contribution in [2.45, 2.75) is 69.6 Å². The monoisotopic (exact) mass is 690 g/mol. The van der Waals surface area contributed by atoms with E-state index < -0.39 is 11.1 Å². The van der Waals surface area contributed by atoms with E-state index in [9.17, 15) is 9.59 Å². The van der Waals surface area contributed by atoms with Crippen molar-refractivity contribution in [2.75, 3.05) is 19.4 Å². The van der Waals surface area contributed by atoms with Crippen LogP contribution in [0.4, 0.5) is 5.82 Å². The largest absolute Gasteiger partial charge is 0.369 e. The fraction of sp³-hybridized carbons (Fsp3) is 0.359. The van der Waals surface area contributed by atoms with Gasteiger partial charge in [0.1, 0.15) is 11.4 Å². The Kier molecular flexibility index (Phi) is 8.76. The summed E-state index contributed by atoms with van der Waals surface area (Å²) < 4.78 is 0. The van der Waals surface area contributed by atoms with Gasteiger partial charge in [-0.15, -0.1) is 0 Å². The molecule has 0 bridgehead atoms. The summed E-state index contributed by atoms with van der Waals surface area (Å²) in [5, 5.41) is 8.88. The molecule has 50 heavy (non-hydrogen) atoms. The van der Waals surface area contributed by atoms with Crippen molar-refractivity contribution in [1.29, 1.82) is 0 Å². The molecular weight excluding hydrogens is 648 g/mol. The first-order valence-corrected chi connectivity index (χ1v) is 17.6. The Hall–Kier alpha value is -4.96. The van der Waals surface area contributed by atoms with Crippen LogP contribution in [0.2, 0.25) is 5.02 Å². The van der Waals surface area contributed by atoms with Crippen molar-refractivity contribution in [3.63, 3.8) is 0 Å². The minimum atomic E-state index is -1.11. The molecule has 1 aliphatic carbocycles. The second-order valence-electron chi connectivity index (χ2n) is 14.2. The Balaban J connectivity index is 1.06. The van der Waals surface area contributed by atoms with Gasteiger partial charge in [-0.3, -0.25) is 19.4 Å². The summed E-state index contributed by atoms with van der Waals surface area (Å²) in [6.45, 7) is 4.09. The summed E-state index contributed by atoms with van der Waals surface area (Å²) >= 11 is 6.49. The molecular formula is C39H43ClN8O2. The van der Waals surface area contributed by atoms with E-state index in [1.54, 1.807) is 25.9 Å². The van der Waals surface area contributed by atoms with Crippen LogP contribution in [0.25, 0.3) is 22.0 Å². The number of carbonyl (C=O) groups excluding carboxylic acids is 2. The number of hydrogen-bond donors (Lipinski definition) is 3. The summed E-state index contributed by atoms with van der Waals surface area (Å²) in [5.74, 6) is 1.84. The minimum absolute atomic E-state index is 0.0193. The molecule has 258 valence electrons. The number of anilines is 1. The number of benzene rings is 3. The van der Waals surface area contributed by atoms with Crippen LogP contribution in [-0.4, -0.2) is 64.2 Å². The maximum absolute atomic E-state index is 13.7. The Bertz CT molecular complexity index is 2050. The molecule has 7 rings (SSSR count). The van der Waals surface area contributed by atoms with Crippen molar-refractivity contribution in [2.24, 2.45) is 21.6 Å². The highest BCUT2D eigenvalue weighted by molar-refractivity contribution is 6.30. The van der Waals surface area contributed by atoms with Gasteiger partial charge in [0, 0.05) is 30.5 Å². The molecule has 11 heteroatoms. The maximum atomic E-state index is 13.7. The fourth-order valence-electron chi connectivity index (χ4n) is 7.75. The van der Waals surface area contributed by atoms with Crippen LogP contribution in [0, 0.1) is 5.92 Å². The lowest BCUT2D eigenvalue weighted by atomic mass is 9.78. The zero-order valence-corrected chi connectivity index (χ0v) is 29.7. The number of rotatable bonds is 8. The predicted octanol–water partition coefficient (Wildman–Crippen LogP) is 6.29. The number of halogens is 1. The second kappa shape index (κ2) is 13.1. The van der Waals surface area contributed by atoms with Crippen molar-refractivity contribution in [3.8, 4) is 11.1 Å². The molecule has 3 aromatic carbocycles. The summed E-state index contributed by atoms with van der Waals surface area (Å²) in [6, 6.07) is 26.0. The summed E-state index contributed by atoms with van der Waals surface area (Å²) in [6.07, 6.45) is 4.95.